The van der Waals surface area contributed by atoms with Gasteiger partial charge in [0.1, 0.15) is 0 Å². The van der Waals surface area contributed by atoms with E-state index in [4.69, 9.17) is 16.3 Å². The molecular weight excluding hydrogens is 236 g/mol. The van der Waals surface area contributed by atoms with Crippen LogP contribution in [-0.4, -0.2) is 17.3 Å². The van der Waals surface area contributed by atoms with Crippen molar-refractivity contribution < 1.29 is 4.74 Å². The zero-order valence-electron chi connectivity index (χ0n) is 9.99. The van der Waals surface area contributed by atoms with Crippen LogP contribution in [0.15, 0.2) is 24.3 Å². The summed E-state index contributed by atoms with van der Waals surface area (Å²) in [7, 11) is 1.60. The lowest BCUT2D eigenvalue weighted by Gasteiger charge is -2.10. The molecule has 0 aliphatic heterocycles. The molecule has 0 saturated heterocycles. The third kappa shape index (κ3) is 2.24. The highest BCUT2D eigenvalue weighted by atomic mass is 35.5. The van der Waals surface area contributed by atoms with Crippen LogP contribution in [0.5, 0.6) is 5.88 Å². The third-order valence-electron chi connectivity index (χ3n) is 2.79. The van der Waals surface area contributed by atoms with Crippen LogP contribution in [0.2, 0.25) is 5.02 Å². The van der Waals surface area contributed by atoms with Gasteiger partial charge >= 0.3 is 0 Å². The molecule has 0 amide bonds. The van der Waals surface area contributed by atoms with E-state index < -0.39 is 0 Å². The van der Waals surface area contributed by atoms with Gasteiger partial charge in [-0.1, -0.05) is 23.7 Å². The first-order valence-electron chi connectivity index (χ1n) is 5.27. The number of nitrogens with zero attached hydrogens (tertiary/aromatic N) is 2. The maximum Gasteiger partial charge on any atom is 0.236 e. The topological polar surface area (TPSA) is 35.0 Å². The molecule has 0 saturated carbocycles. The van der Waals surface area contributed by atoms with E-state index >= 15 is 0 Å². The van der Waals surface area contributed by atoms with E-state index in [2.05, 4.69) is 10.2 Å². The van der Waals surface area contributed by atoms with E-state index in [1.807, 2.05) is 38.1 Å². The Bertz CT molecular complexity index is 538. The smallest absolute Gasteiger partial charge is 0.236 e. The number of rotatable bonds is 2. The summed E-state index contributed by atoms with van der Waals surface area (Å²) >= 11 is 5.86. The van der Waals surface area contributed by atoms with Gasteiger partial charge in [0, 0.05) is 16.1 Å². The van der Waals surface area contributed by atoms with Crippen LogP contribution >= 0.6 is 11.6 Å². The minimum Gasteiger partial charge on any atom is -0.480 e. The SMILES string of the molecule is COc1nnc(-c2ccc(Cl)cc2)c(C)c1C. The molecule has 1 heterocycles. The van der Waals surface area contributed by atoms with Crippen LogP contribution in [0.4, 0.5) is 0 Å². The molecule has 88 valence electrons. The molecule has 0 spiro atoms. The minimum absolute atomic E-state index is 0.570. The molecule has 0 fully saturated rings. The van der Waals surface area contributed by atoms with Gasteiger partial charge in [-0.25, -0.2) is 0 Å². The van der Waals surface area contributed by atoms with Crippen LogP contribution in [-0.2, 0) is 0 Å². The summed E-state index contributed by atoms with van der Waals surface area (Å²) in [5.41, 5.74) is 3.94. The van der Waals surface area contributed by atoms with E-state index in [1.165, 1.54) is 0 Å². The van der Waals surface area contributed by atoms with Crippen LogP contribution in [0.3, 0.4) is 0 Å². The zero-order chi connectivity index (χ0) is 12.4. The number of ether oxygens (including phenoxy) is 1. The number of aromatic nitrogens is 2. The molecule has 0 aliphatic rings. The van der Waals surface area contributed by atoms with Gasteiger partial charge in [-0.05, 0) is 31.5 Å². The number of methoxy groups -OCH3 is 1. The van der Waals surface area contributed by atoms with E-state index in [1.54, 1.807) is 7.11 Å². The Labute approximate surface area is 105 Å². The first-order chi connectivity index (χ1) is 8.13. The molecule has 0 aliphatic carbocycles. The van der Waals surface area contributed by atoms with Crippen LogP contribution in [0.25, 0.3) is 11.3 Å². The Kier molecular flexibility index (Phi) is 3.29. The fraction of sp³-hybridized carbons (Fsp3) is 0.231. The largest absolute Gasteiger partial charge is 0.480 e. The molecule has 1 aromatic heterocycles. The van der Waals surface area contributed by atoms with Crippen molar-refractivity contribution in [1.29, 1.82) is 0 Å². The standard InChI is InChI=1S/C13H13ClN2O/c1-8-9(2)13(17-3)16-15-12(8)10-4-6-11(14)7-5-10/h4-7H,1-3H3. The fourth-order valence-corrected chi connectivity index (χ4v) is 1.79. The highest BCUT2D eigenvalue weighted by Crippen LogP contribution is 2.27. The summed E-state index contributed by atoms with van der Waals surface area (Å²) in [4.78, 5) is 0. The maximum atomic E-state index is 5.86. The van der Waals surface area contributed by atoms with Crippen molar-refractivity contribution >= 4 is 11.6 Å². The molecule has 0 radical (unpaired) electrons. The second-order valence-electron chi connectivity index (χ2n) is 3.81. The first-order valence-corrected chi connectivity index (χ1v) is 5.65. The average Bonchev–Trinajstić information content (AvgIpc) is 2.34. The Morgan fingerprint density at radius 1 is 1.00 bits per heavy atom. The van der Waals surface area contributed by atoms with Crippen molar-refractivity contribution in [2.45, 2.75) is 13.8 Å². The molecule has 17 heavy (non-hydrogen) atoms. The van der Waals surface area contributed by atoms with Gasteiger partial charge in [-0.15, -0.1) is 10.2 Å². The number of hydrogen-bond acceptors (Lipinski definition) is 3. The summed E-state index contributed by atoms with van der Waals surface area (Å²) in [6, 6.07) is 7.56. The van der Waals surface area contributed by atoms with Gasteiger partial charge in [0.15, 0.2) is 0 Å². The number of benzene rings is 1. The molecule has 0 unspecified atom stereocenters. The van der Waals surface area contributed by atoms with Gasteiger partial charge in [0.05, 0.1) is 12.8 Å². The Hall–Kier alpha value is -1.61. The number of hydrogen-bond donors (Lipinski definition) is 0. The van der Waals surface area contributed by atoms with Gasteiger partial charge in [-0.3, -0.25) is 0 Å². The fourth-order valence-electron chi connectivity index (χ4n) is 1.66. The lowest BCUT2D eigenvalue weighted by Crippen LogP contribution is -2.00. The van der Waals surface area contributed by atoms with Gasteiger partial charge < -0.3 is 4.74 Å². The molecule has 1 aromatic carbocycles. The highest BCUT2D eigenvalue weighted by molar-refractivity contribution is 6.30. The second-order valence-corrected chi connectivity index (χ2v) is 4.25. The van der Waals surface area contributed by atoms with Crippen molar-refractivity contribution in [2.24, 2.45) is 0 Å². The normalized spacial score (nSPS) is 10.4. The van der Waals surface area contributed by atoms with Gasteiger partial charge in [-0.2, -0.15) is 0 Å². The Morgan fingerprint density at radius 2 is 1.65 bits per heavy atom. The van der Waals surface area contributed by atoms with E-state index in [0.717, 1.165) is 22.4 Å². The average molecular weight is 249 g/mol. The highest BCUT2D eigenvalue weighted by Gasteiger charge is 2.11. The third-order valence-corrected chi connectivity index (χ3v) is 3.04. The molecule has 3 nitrogen and oxygen atoms in total. The van der Waals surface area contributed by atoms with Crippen molar-refractivity contribution in [3.8, 4) is 17.1 Å². The molecule has 0 bridgehead atoms. The van der Waals surface area contributed by atoms with Crippen LogP contribution in [0.1, 0.15) is 11.1 Å². The van der Waals surface area contributed by atoms with Crippen molar-refractivity contribution in [3.05, 3.63) is 40.4 Å². The van der Waals surface area contributed by atoms with Crippen molar-refractivity contribution in [3.63, 3.8) is 0 Å². The predicted molar refractivity (Wildman–Crippen MR) is 68.5 cm³/mol. The second kappa shape index (κ2) is 4.72. The molecule has 2 rings (SSSR count). The van der Waals surface area contributed by atoms with Crippen molar-refractivity contribution in [2.75, 3.05) is 7.11 Å². The Morgan fingerprint density at radius 3 is 2.24 bits per heavy atom. The van der Waals surface area contributed by atoms with Gasteiger partial charge in [0.2, 0.25) is 5.88 Å². The summed E-state index contributed by atoms with van der Waals surface area (Å²) in [6.45, 7) is 3.98. The summed E-state index contributed by atoms with van der Waals surface area (Å²) < 4.78 is 5.14. The predicted octanol–water partition coefficient (Wildman–Crippen LogP) is 3.42. The lowest BCUT2D eigenvalue weighted by molar-refractivity contribution is 0.388. The molecule has 4 heteroatoms. The van der Waals surface area contributed by atoms with E-state index in [9.17, 15) is 0 Å². The van der Waals surface area contributed by atoms with Gasteiger partial charge in [0.25, 0.3) is 0 Å². The lowest BCUT2D eigenvalue weighted by atomic mass is 10.0. The summed E-state index contributed by atoms with van der Waals surface area (Å²) in [5, 5.41) is 8.96. The van der Waals surface area contributed by atoms with Crippen LogP contribution in [0, 0.1) is 13.8 Å². The monoisotopic (exact) mass is 248 g/mol. The van der Waals surface area contributed by atoms with E-state index in [0.29, 0.717) is 10.9 Å². The molecule has 0 atom stereocenters. The summed E-state index contributed by atoms with van der Waals surface area (Å²) in [5.74, 6) is 0.570. The first kappa shape index (κ1) is 11.9. The van der Waals surface area contributed by atoms with Crippen LogP contribution < -0.4 is 4.74 Å². The quantitative estimate of drug-likeness (QED) is 0.817. The van der Waals surface area contributed by atoms with E-state index in [-0.39, 0.29) is 0 Å². The van der Waals surface area contributed by atoms with Crippen molar-refractivity contribution in [1.82, 2.24) is 10.2 Å². The Balaban J connectivity index is 2.53. The number of halogens is 1. The molecule has 0 N–H and O–H groups in total. The minimum atomic E-state index is 0.570. The molecular formula is C13H13ClN2O. The molecule has 2 aromatic rings. The maximum absolute atomic E-state index is 5.86. The zero-order valence-corrected chi connectivity index (χ0v) is 10.7. The summed E-state index contributed by atoms with van der Waals surface area (Å²) in [6.07, 6.45) is 0.